The number of aromatic nitrogens is 2. The molecule has 0 amide bonds. The van der Waals surface area contributed by atoms with Gasteiger partial charge in [0.25, 0.3) is 0 Å². The Kier molecular flexibility index (Phi) is 4.02. The molecule has 0 saturated heterocycles. The molecule has 72 valence electrons. The Morgan fingerprint density at radius 1 is 1.69 bits per heavy atom. The van der Waals surface area contributed by atoms with Gasteiger partial charge >= 0.3 is 0 Å². The van der Waals surface area contributed by atoms with Crippen LogP contribution in [-0.2, 0) is 6.42 Å². The standard InChI is InChI=1S/C9H16N4/c1-2-3-8(10)11-5-4-9-12-6-7-13-9/h6-7H,2-5H2,1H3,(H2,10,11)(H,12,13). The normalized spacial score (nSPS) is 11.9. The molecule has 1 rings (SSSR count). The van der Waals surface area contributed by atoms with Crippen molar-refractivity contribution in [3.05, 3.63) is 18.2 Å². The van der Waals surface area contributed by atoms with Gasteiger partial charge in [0.15, 0.2) is 0 Å². The summed E-state index contributed by atoms with van der Waals surface area (Å²) in [6.45, 7) is 2.81. The van der Waals surface area contributed by atoms with Crippen molar-refractivity contribution < 1.29 is 0 Å². The van der Waals surface area contributed by atoms with Crippen molar-refractivity contribution in [1.29, 1.82) is 0 Å². The first kappa shape index (κ1) is 9.77. The summed E-state index contributed by atoms with van der Waals surface area (Å²) in [6, 6.07) is 0. The average Bonchev–Trinajstić information content (AvgIpc) is 2.57. The van der Waals surface area contributed by atoms with Crippen LogP contribution in [0.3, 0.4) is 0 Å². The number of imidazole rings is 1. The summed E-state index contributed by atoms with van der Waals surface area (Å²) in [7, 11) is 0. The van der Waals surface area contributed by atoms with Crippen LogP contribution in [0.25, 0.3) is 0 Å². The molecule has 4 heteroatoms. The molecule has 0 aliphatic rings. The second-order valence-corrected chi connectivity index (χ2v) is 2.91. The van der Waals surface area contributed by atoms with Gasteiger partial charge in [0, 0.05) is 31.8 Å². The lowest BCUT2D eigenvalue weighted by Gasteiger charge is -1.96. The summed E-state index contributed by atoms with van der Waals surface area (Å²) in [5.41, 5.74) is 5.64. The maximum atomic E-state index is 5.64. The molecule has 0 bridgehead atoms. The van der Waals surface area contributed by atoms with Crippen LogP contribution in [-0.4, -0.2) is 22.3 Å². The fourth-order valence-corrected chi connectivity index (χ4v) is 1.08. The lowest BCUT2D eigenvalue weighted by atomic mass is 10.3. The number of nitrogens with one attached hydrogen (secondary N) is 1. The van der Waals surface area contributed by atoms with Crippen molar-refractivity contribution in [2.75, 3.05) is 6.54 Å². The van der Waals surface area contributed by atoms with E-state index in [1.54, 1.807) is 6.20 Å². The number of nitrogens with two attached hydrogens (primary N) is 1. The minimum atomic E-state index is 0.722. The van der Waals surface area contributed by atoms with E-state index in [4.69, 9.17) is 5.73 Å². The summed E-state index contributed by atoms with van der Waals surface area (Å²) in [4.78, 5) is 11.3. The molecule has 0 unspecified atom stereocenters. The summed E-state index contributed by atoms with van der Waals surface area (Å²) in [5, 5.41) is 0. The van der Waals surface area contributed by atoms with E-state index in [2.05, 4.69) is 21.9 Å². The van der Waals surface area contributed by atoms with Crippen molar-refractivity contribution in [3.8, 4) is 0 Å². The van der Waals surface area contributed by atoms with Gasteiger partial charge in [-0.3, -0.25) is 4.99 Å². The zero-order valence-electron chi connectivity index (χ0n) is 7.95. The van der Waals surface area contributed by atoms with Gasteiger partial charge in [-0.25, -0.2) is 4.98 Å². The number of hydrogen-bond donors (Lipinski definition) is 2. The molecule has 13 heavy (non-hydrogen) atoms. The lowest BCUT2D eigenvalue weighted by Crippen LogP contribution is -2.12. The average molecular weight is 180 g/mol. The second kappa shape index (κ2) is 5.35. The van der Waals surface area contributed by atoms with E-state index in [1.165, 1.54) is 0 Å². The Balaban J connectivity index is 2.24. The van der Waals surface area contributed by atoms with Gasteiger partial charge in [0.2, 0.25) is 0 Å². The molecular weight excluding hydrogens is 164 g/mol. The third-order valence-electron chi connectivity index (χ3n) is 1.72. The fraction of sp³-hybridized carbons (Fsp3) is 0.556. The number of H-pyrrole nitrogens is 1. The third-order valence-corrected chi connectivity index (χ3v) is 1.72. The van der Waals surface area contributed by atoms with Gasteiger partial charge in [-0.2, -0.15) is 0 Å². The van der Waals surface area contributed by atoms with E-state index in [1.807, 2.05) is 6.20 Å². The Bertz CT molecular complexity index is 251. The topological polar surface area (TPSA) is 67.1 Å². The summed E-state index contributed by atoms with van der Waals surface area (Å²) < 4.78 is 0. The SMILES string of the molecule is CCCC(N)=NCCc1ncc[nH]1. The number of hydrogen-bond acceptors (Lipinski definition) is 2. The Morgan fingerprint density at radius 2 is 2.54 bits per heavy atom. The Hall–Kier alpha value is -1.32. The van der Waals surface area contributed by atoms with Crippen LogP contribution >= 0.6 is 0 Å². The zero-order chi connectivity index (χ0) is 9.52. The largest absolute Gasteiger partial charge is 0.387 e. The van der Waals surface area contributed by atoms with E-state index in [-0.39, 0.29) is 0 Å². The number of amidine groups is 1. The first-order chi connectivity index (χ1) is 6.33. The minimum absolute atomic E-state index is 0.722. The number of nitrogens with zero attached hydrogens (tertiary/aromatic N) is 2. The van der Waals surface area contributed by atoms with Gasteiger partial charge in [-0.05, 0) is 6.42 Å². The number of rotatable bonds is 5. The van der Waals surface area contributed by atoms with Crippen molar-refractivity contribution in [2.24, 2.45) is 10.7 Å². The first-order valence-corrected chi connectivity index (χ1v) is 4.60. The van der Waals surface area contributed by atoms with E-state index >= 15 is 0 Å². The lowest BCUT2D eigenvalue weighted by molar-refractivity contribution is 0.879. The molecule has 0 atom stereocenters. The predicted molar refractivity (Wildman–Crippen MR) is 53.7 cm³/mol. The van der Waals surface area contributed by atoms with Crippen molar-refractivity contribution in [1.82, 2.24) is 9.97 Å². The Morgan fingerprint density at radius 3 is 3.15 bits per heavy atom. The first-order valence-electron chi connectivity index (χ1n) is 4.60. The van der Waals surface area contributed by atoms with Crippen LogP contribution in [0.5, 0.6) is 0 Å². The molecule has 3 N–H and O–H groups in total. The van der Waals surface area contributed by atoms with Crippen molar-refractivity contribution in [2.45, 2.75) is 26.2 Å². The molecule has 0 radical (unpaired) electrons. The quantitative estimate of drug-likeness (QED) is 0.526. The molecule has 0 aromatic carbocycles. The van der Waals surface area contributed by atoms with E-state index in [0.717, 1.165) is 37.5 Å². The summed E-state index contributed by atoms with van der Waals surface area (Å²) in [6.07, 6.45) is 6.33. The molecule has 0 aliphatic heterocycles. The number of aromatic amines is 1. The van der Waals surface area contributed by atoms with Crippen LogP contribution in [0.2, 0.25) is 0 Å². The predicted octanol–water partition coefficient (Wildman–Crippen LogP) is 1.11. The van der Waals surface area contributed by atoms with Crippen molar-refractivity contribution >= 4 is 5.84 Å². The van der Waals surface area contributed by atoms with Crippen LogP contribution in [0.15, 0.2) is 17.4 Å². The van der Waals surface area contributed by atoms with Crippen LogP contribution < -0.4 is 5.73 Å². The second-order valence-electron chi connectivity index (χ2n) is 2.91. The maximum Gasteiger partial charge on any atom is 0.107 e. The van der Waals surface area contributed by atoms with E-state index in [0.29, 0.717) is 0 Å². The Labute approximate surface area is 78.3 Å². The molecule has 1 heterocycles. The van der Waals surface area contributed by atoms with Gasteiger partial charge in [0.05, 0.1) is 5.84 Å². The van der Waals surface area contributed by atoms with Crippen LogP contribution in [0, 0.1) is 0 Å². The smallest absolute Gasteiger partial charge is 0.107 e. The molecular formula is C9H16N4. The molecule has 1 aromatic rings. The highest BCUT2D eigenvalue weighted by Gasteiger charge is 1.93. The van der Waals surface area contributed by atoms with E-state index in [9.17, 15) is 0 Å². The number of aliphatic imine (C=N–C) groups is 1. The van der Waals surface area contributed by atoms with E-state index < -0.39 is 0 Å². The molecule has 0 aliphatic carbocycles. The van der Waals surface area contributed by atoms with Gasteiger partial charge in [-0.15, -0.1) is 0 Å². The maximum absolute atomic E-state index is 5.64. The zero-order valence-corrected chi connectivity index (χ0v) is 7.95. The molecule has 0 spiro atoms. The third kappa shape index (κ3) is 3.73. The van der Waals surface area contributed by atoms with Crippen LogP contribution in [0.1, 0.15) is 25.6 Å². The summed E-state index contributed by atoms with van der Waals surface area (Å²) >= 11 is 0. The van der Waals surface area contributed by atoms with Crippen LogP contribution in [0.4, 0.5) is 0 Å². The highest BCUT2D eigenvalue weighted by Crippen LogP contribution is 1.92. The minimum Gasteiger partial charge on any atom is -0.387 e. The molecule has 4 nitrogen and oxygen atoms in total. The van der Waals surface area contributed by atoms with Gasteiger partial charge in [-0.1, -0.05) is 6.92 Å². The molecule has 0 fully saturated rings. The highest BCUT2D eigenvalue weighted by molar-refractivity contribution is 5.80. The summed E-state index contributed by atoms with van der Waals surface area (Å²) in [5.74, 6) is 1.71. The monoisotopic (exact) mass is 180 g/mol. The molecule has 1 aromatic heterocycles. The highest BCUT2D eigenvalue weighted by atomic mass is 14.9. The molecule has 0 saturated carbocycles. The van der Waals surface area contributed by atoms with Gasteiger partial charge in [0.1, 0.15) is 5.82 Å². The van der Waals surface area contributed by atoms with Crippen molar-refractivity contribution in [3.63, 3.8) is 0 Å². The fourth-order valence-electron chi connectivity index (χ4n) is 1.08. The van der Waals surface area contributed by atoms with Gasteiger partial charge < -0.3 is 10.7 Å².